The van der Waals surface area contributed by atoms with Crippen molar-refractivity contribution in [3.05, 3.63) is 90.0 Å². The third-order valence-corrected chi connectivity index (χ3v) is 5.59. The molecule has 0 radical (unpaired) electrons. The Hall–Kier alpha value is -2.62. The second kappa shape index (κ2) is 9.73. The Morgan fingerprint density at radius 1 is 0.828 bits per heavy atom. The molecule has 29 heavy (non-hydrogen) atoms. The van der Waals surface area contributed by atoms with Gasteiger partial charge in [-0.15, -0.1) is 0 Å². The lowest BCUT2D eigenvalue weighted by atomic mass is 9.94. The van der Waals surface area contributed by atoms with Gasteiger partial charge in [-0.2, -0.15) is 0 Å². The summed E-state index contributed by atoms with van der Waals surface area (Å²) in [5.41, 5.74) is 5.08. The van der Waals surface area contributed by atoms with Gasteiger partial charge in [-0.1, -0.05) is 72.8 Å². The quantitative estimate of drug-likeness (QED) is 0.635. The summed E-state index contributed by atoms with van der Waals surface area (Å²) in [6.45, 7) is 6.96. The SMILES string of the molecule is CCOc1ccccc1C(c1ccc(-c2ccccc2)cc1)N1CCCNCC1. The lowest BCUT2D eigenvalue weighted by Gasteiger charge is -2.32. The van der Waals surface area contributed by atoms with Crippen molar-refractivity contribution in [1.82, 2.24) is 10.2 Å². The lowest BCUT2D eigenvalue weighted by Crippen LogP contribution is -2.33. The van der Waals surface area contributed by atoms with Crippen molar-refractivity contribution >= 4 is 0 Å². The molecule has 0 spiro atoms. The van der Waals surface area contributed by atoms with E-state index in [1.54, 1.807) is 0 Å². The van der Waals surface area contributed by atoms with E-state index < -0.39 is 0 Å². The van der Waals surface area contributed by atoms with Crippen molar-refractivity contribution in [1.29, 1.82) is 0 Å². The molecule has 3 aromatic carbocycles. The van der Waals surface area contributed by atoms with Crippen LogP contribution in [0.3, 0.4) is 0 Å². The first kappa shape index (κ1) is 19.7. The van der Waals surface area contributed by atoms with E-state index in [4.69, 9.17) is 4.74 Å². The van der Waals surface area contributed by atoms with Crippen molar-refractivity contribution in [2.24, 2.45) is 0 Å². The summed E-state index contributed by atoms with van der Waals surface area (Å²) in [5.74, 6) is 0.990. The number of para-hydroxylation sites is 1. The second-order valence-electron chi connectivity index (χ2n) is 7.50. The highest BCUT2D eigenvalue weighted by Gasteiger charge is 2.25. The molecule has 1 aliphatic heterocycles. The fourth-order valence-electron chi connectivity index (χ4n) is 4.19. The minimum atomic E-state index is 0.197. The number of benzene rings is 3. The first-order chi connectivity index (χ1) is 14.4. The summed E-state index contributed by atoms with van der Waals surface area (Å²) >= 11 is 0. The average molecular weight is 387 g/mol. The molecule has 1 saturated heterocycles. The minimum Gasteiger partial charge on any atom is -0.494 e. The average Bonchev–Trinajstić information content (AvgIpc) is 3.06. The van der Waals surface area contributed by atoms with Crippen LogP contribution in [0, 0.1) is 0 Å². The first-order valence-corrected chi connectivity index (χ1v) is 10.7. The Morgan fingerprint density at radius 2 is 1.55 bits per heavy atom. The van der Waals surface area contributed by atoms with Gasteiger partial charge in [0.05, 0.1) is 12.6 Å². The molecule has 0 aliphatic carbocycles. The Morgan fingerprint density at radius 3 is 2.34 bits per heavy atom. The maximum atomic E-state index is 6.01. The molecule has 150 valence electrons. The van der Waals surface area contributed by atoms with Gasteiger partial charge in [0.2, 0.25) is 0 Å². The molecule has 0 bridgehead atoms. The van der Waals surface area contributed by atoms with Gasteiger partial charge in [0.25, 0.3) is 0 Å². The van der Waals surface area contributed by atoms with Crippen LogP contribution in [0.4, 0.5) is 0 Å². The number of hydrogen-bond acceptors (Lipinski definition) is 3. The van der Waals surface area contributed by atoms with Gasteiger partial charge in [0.15, 0.2) is 0 Å². The number of nitrogens with zero attached hydrogens (tertiary/aromatic N) is 1. The zero-order chi connectivity index (χ0) is 19.9. The molecule has 0 amide bonds. The maximum absolute atomic E-state index is 6.01. The van der Waals surface area contributed by atoms with Crippen LogP contribution < -0.4 is 10.1 Å². The Bertz CT molecular complexity index is 884. The Labute approximate surface area is 174 Å². The second-order valence-corrected chi connectivity index (χ2v) is 7.50. The third-order valence-electron chi connectivity index (χ3n) is 5.59. The summed E-state index contributed by atoms with van der Waals surface area (Å²) in [7, 11) is 0. The van der Waals surface area contributed by atoms with Crippen molar-refractivity contribution in [3.8, 4) is 16.9 Å². The monoisotopic (exact) mass is 386 g/mol. The summed E-state index contributed by atoms with van der Waals surface area (Å²) in [6, 6.07) is 28.3. The summed E-state index contributed by atoms with van der Waals surface area (Å²) in [4.78, 5) is 2.59. The van der Waals surface area contributed by atoms with Gasteiger partial charge in [0, 0.05) is 25.2 Å². The Kier molecular flexibility index (Phi) is 6.60. The van der Waals surface area contributed by atoms with Crippen molar-refractivity contribution in [3.63, 3.8) is 0 Å². The van der Waals surface area contributed by atoms with Gasteiger partial charge in [0.1, 0.15) is 5.75 Å². The standard InChI is InChI=1S/C26H30N2O/c1-2-29-25-12-7-6-11-24(25)26(28-19-8-17-27-18-20-28)23-15-13-22(14-16-23)21-9-4-3-5-10-21/h3-7,9-16,26-27H,2,8,17-20H2,1H3. The van der Waals surface area contributed by atoms with Crippen LogP contribution in [-0.2, 0) is 0 Å². The van der Waals surface area contributed by atoms with Gasteiger partial charge >= 0.3 is 0 Å². The molecule has 0 aromatic heterocycles. The Balaban J connectivity index is 1.72. The van der Waals surface area contributed by atoms with E-state index in [2.05, 4.69) is 96.0 Å². The highest BCUT2D eigenvalue weighted by atomic mass is 16.5. The van der Waals surface area contributed by atoms with Crippen LogP contribution in [0.1, 0.15) is 30.5 Å². The highest BCUT2D eigenvalue weighted by Crippen LogP contribution is 2.36. The smallest absolute Gasteiger partial charge is 0.124 e. The van der Waals surface area contributed by atoms with Crippen LogP contribution >= 0.6 is 0 Å². The topological polar surface area (TPSA) is 24.5 Å². The molecule has 1 unspecified atom stereocenters. The zero-order valence-electron chi connectivity index (χ0n) is 17.2. The zero-order valence-corrected chi connectivity index (χ0v) is 17.2. The van der Waals surface area contributed by atoms with E-state index in [0.29, 0.717) is 6.61 Å². The predicted molar refractivity (Wildman–Crippen MR) is 120 cm³/mol. The first-order valence-electron chi connectivity index (χ1n) is 10.7. The minimum absolute atomic E-state index is 0.197. The van der Waals surface area contributed by atoms with E-state index in [1.807, 2.05) is 0 Å². The maximum Gasteiger partial charge on any atom is 0.124 e. The number of nitrogens with one attached hydrogen (secondary N) is 1. The molecule has 0 saturated carbocycles. The van der Waals surface area contributed by atoms with Crippen LogP contribution in [-0.4, -0.2) is 37.7 Å². The van der Waals surface area contributed by atoms with E-state index in [1.165, 1.54) is 22.3 Å². The number of ether oxygens (including phenoxy) is 1. The van der Waals surface area contributed by atoms with Gasteiger partial charge in [-0.3, -0.25) is 4.90 Å². The number of rotatable bonds is 6. The van der Waals surface area contributed by atoms with Crippen LogP contribution in [0.2, 0.25) is 0 Å². The molecule has 1 fully saturated rings. The summed E-state index contributed by atoms with van der Waals surface area (Å²) in [6.07, 6.45) is 1.16. The molecule has 1 atom stereocenters. The molecule has 1 heterocycles. The third kappa shape index (κ3) is 4.69. The van der Waals surface area contributed by atoms with E-state index in [0.717, 1.165) is 38.3 Å². The normalized spacial score (nSPS) is 16.2. The van der Waals surface area contributed by atoms with Crippen LogP contribution in [0.15, 0.2) is 78.9 Å². The van der Waals surface area contributed by atoms with Crippen molar-refractivity contribution in [2.45, 2.75) is 19.4 Å². The van der Waals surface area contributed by atoms with Crippen LogP contribution in [0.25, 0.3) is 11.1 Å². The van der Waals surface area contributed by atoms with Crippen molar-refractivity contribution < 1.29 is 4.74 Å². The predicted octanol–water partition coefficient (Wildman–Crippen LogP) is 5.14. The number of hydrogen-bond donors (Lipinski definition) is 1. The van der Waals surface area contributed by atoms with Gasteiger partial charge in [-0.05, 0) is 42.6 Å². The molecule has 1 N–H and O–H groups in total. The molecule has 3 nitrogen and oxygen atoms in total. The van der Waals surface area contributed by atoms with Crippen LogP contribution in [0.5, 0.6) is 5.75 Å². The molecular weight excluding hydrogens is 356 g/mol. The molecule has 1 aliphatic rings. The molecular formula is C26H30N2O. The van der Waals surface area contributed by atoms with E-state index >= 15 is 0 Å². The molecule has 3 heteroatoms. The summed E-state index contributed by atoms with van der Waals surface area (Å²) < 4.78 is 6.01. The van der Waals surface area contributed by atoms with E-state index in [9.17, 15) is 0 Å². The fraction of sp³-hybridized carbons (Fsp3) is 0.308. The fourth-order valence-corrected chi connectivity index (χ4v) is 4.19. The molecule has 3 aromatic rings. The van der Waals surface area contributed by atoms with Crippen molar-refractivity contribution in [2.75, 3.05) is 32.8 Å². The molecule has 4 rings (SSSR count). The van der Waals surface area contributed by atoms with Gasteiger partial charge in [-0.25, -0.2) is 0 Å². The lowest BCUT2D eigenvalue weighted by molar-refractivity contribution is 0.233. The summed E-state index contributed by atoms with van der Waals surface area (Å²) in [5, 5.41) is 3.53. The van der Waals surface area contributed by atoms with E-state index in [-0.39, 0.29) is 6.04 Å². The largest absolute Gasteiger partial charge is 0.494 e. The van der Waals surface area contributed by atoms with Gasteiger partial charge < -0.3 is 10.1 Å². The highest BCUT2D eigenvalue weighted by molar-refractivity contribution is 5.63.